The summed E-state index contributed by atoms with van der Waals surface area (Å²) >= 11 is 0. The minimum Gasteiger partial charge on any atom is -0.411 e. The number of aldehydes is 1. The molecule has 3 nitrogen and oxygen atoms in total. The highest BCUT2D eigenvalue weighted by Crippen LogP contribution is 2.70. The molecule has 0 heterocycles. The van der Waals surface area contributed by atoms with Crippen molar-refractivity contribution in [3.8, 4) is 0 Å². The largest absolute Gasteiger partial charge is 0.411 e. The quantitative estimate of drug-likeness (QED) is 0.315. The van der Waals surface area contributed by atoms with Crippen LogP contribution in [0.25, 0.3) is 0 Å². The average molecular weight is 461 g/mol. The summed E-state index contributed by atoms with van der Waals surface area (Å²) in [4.78, 5) is 25.6. The van der Waals surface area contributed by atoms with Crippen molar-refractivity contribution >= 4 is 20.4 Å². The van der Waals surface area contributed by atoms with Gasteiger partial charge in [-0.2, -0.15) is 0 Å². The van der Waals surface area contributed by atoms with Crippen molar-refractivity contribution in [1.82, 2.24) is 0 Å². The van der Waals surface area contributed by atoms with Crippen molar-refractivity contribution in [2.24, 2.45) is 46.3 Å². The average Bonchev–Trinajstić information content (AvgIpc) is 3.05. The molecule has 0 aromatic heterocycles. The molecular formula is C28H48O3Si. The molecule has 0 unspecified atom stereocenters. The van der Waals surface area contributed by atoms with Crippen LogP contribution in [0.2, 0.25) is 18.1 Å². The molecular weight excluding hydrogens is 412 g/mol. The van der Waals surface area contributed by atoms with Gasteiger partial charge in [-0.3, -0.25) is 4.79 Å². The van der Waals surface area contributed by atoms with Gasteiger partial charge in [0.25, 0.3) is 0 Å². The third kappa shape index (κ3) is 3.13. The summed E-state index contributed by atoms with van der Waals surface area (Å²) in [6, 6.07) is 3.63. The SMILES string of the molecule is CC[Si](CC)(CC)O[C@@]1(C)CC[C@H]2[C@@H]3CC[C@H]4[C@H](C)C(=O)C[C@H](C)[C@]4(C=O)[C@H]3CC[C@@]21C. The van der Waals surface area contributed by atoms with Crippen LogP contribution in [0.15, 0.2) is 0 Å². The number of carbonyl (C=O) groups excluding carboxylic acids is 2. The fourth-order valence-corrected chi connectivity index (χ4v) is 12.9. The topological polar surface area (TPSA) is 43.4 Å². The third-order valence-electron chi connectivity index (χ3n) is 12.1. The second kappa shape index (κ2) is 8.32. The van der Waals surface area contributed by atoms with Crippen molar-refractivity contribution in [2.75, 3.05) is 0 Å². The van der Waals surface area contributed by atoms with Gasteiger partial charge in [-0.25, -0.2) is 0 Å². The molecule has 0 aliphatic heterocycles. The maximum absolute atomic E-state index is 12.9. The van der Waals surface area contributed by atoms with E-state index >= 15 is 0 Å². The van der Waals surface area contributed by atoms with Gasteiger partial charge in [-0.1, -0.05) is 41.5 Å². The minimum atomic E-state index is -1.69. The Morgan fingerprint density at radius 3 is 2.16 bits per heavy atom. The smallest absolute Gasteiger partial charge is 0.192 e. The normalized spacial score (nSPS) is 48.7. The van der Waals surface area contributed by atoms with E-state index in [1.54, 1.807) is 0 Å². The lowest BCUT2D eigenvalue weighted by molar-refractivity contribution is -0.177. The summed E-state index contributed by atoms with van der Waals surface area (Å²) in [5.74, 6) is 2.61. The molecule has 0 saturated heterocycles. The number of Topliss-reactive ketones (excluding diaryl/α,β-unsaturated/α-hetero) is 1. The van der Waals surface area contributed by atoms with Gasteiger partial charge in [0.2, 0.25) is 0 Å². The molecule has 9 atom stereocenters. The van der Waals surface area contributed by atoms with E-state index in [2.05, 4.69) is 48.5 Å². The van der Waals surface area contributed by atoms with Gasteiger partial charge in [0.15, 0.2) is 8.32 Å². The second-order valence-electron chi connectivity index (χ2n) is 12.6. The minimum absolute atomic E-state index is 0.0243. The van der Waals surface area contributed by atoms with Crippen LogP contribution in [0.5, 0.6) is 0 Å². The van der Waals surface area contributed by atoms with Gasteiger partial charge < -0.3 is 9.22 Å². The zero-order chi connectivity index (χ0) is 23.5. The number of hydrogen-bond acceptors (Lipinski definition) is 3. The molecule has 4 aliphatic carbocycles. The first-order valence-corrected chi connectivity index (χ1v) is 16.3. The van der Waals surface area contributed by atoms with Gasteiger partial charge in [-0.15, -0.1) is 0 Å². The fourth-order valence-electron chi connectivity index (χ4n) is 9.64. The van der Waals surface area contributed by atoms with Gasteiger partial charge in [0.1, 0.15) is 12.1 Å². The fraction of sp³-hybridized carbons (Fsp3) is 0.929. The van der Waals surface area contributed by atoms with Crippen molar-refractivity contribution in [1.29, 1.82) is 0 Å². The van der Waals surface area contributed by atoms with E-state index in [0.717, 1.165) is 12.8 Å². The molecule has 182 valence electrons. The molecule has 0 aromatic rings. The Morgan fingerprint density at radius 1 is 0.938 bits per heavy atom. The summed E-state index contributed by atoms with van der Waals surface area (Å²) in [5, 5.41) is 0. The van der Waals surface area contributed by atoms with Crippen molar-refractivity contribution in [3.05, 3.63) is 0 Å². The monoisotopic (exact) mass is 460 g/mol. The van der Waals surface area contributed by atoms with E-state index < -0.39 is 8.32 Å². The molecule has 4 aliphatic rings. The van der Waals surface area contributed by atoms with Gasteiger partial charge in [0.05, 0.1) is 5.60 Å². The highest BCUT2D eigenvalue weighted by molar-refractivity contribution is 6.73. The zero-order valence-corrected chi connectivity index (χ0v) is 22.8. The summed E-state index contributed by atoms with van der Waals surface area (Å²) in [5.41, 5.74) is -0.0993. The Morgan fingerprint density at radius 2 is 1.56 bits per heavy atom. The molecule has 0 radical (unpaired) electrons. The predicted octanol–water partition coefficient (Wildman–Crippen LogP) is 7.05. The van der Waals surface area contributed by atoms with Crippen LogP contribution in [-0.4, -0.2) is 26.0 Å². The lowest BCUT2D eigenvalue weighted by Crippen LogP contribution is -2.62. The van der Waals surface area contributed by atoms with Crippen LogP contribution in [-0.2, 0) is 14.0 Å². The number of rotatable bonds is 6. The first-order valence-electron chi connectivity index (χ1n) is 13.8. The molecule has 4 heteroatoms. The molecule has 0 N–H and O–H groups in total. The number of carbonyl (C=O) groups is 2. The third-order valence-corrected chi connectivity index (χ3v) is 16.9. The van der Waals surface area contributed by atoms with Crippen LogP contribution in [0.4, 0.5) is 0 Å². The highest BCUT2D eigenvalue weighted by Gasteiger charge is 2.67. The summed E-state index contributed by atoms with van der Waals surface area (Å²) in [6.07, 6.45) is 8.93. The molecule has 0 amide bonds. The van der Waals surface area contributed by atoms with E-state index in [9.17, 15) is 9.59 Å². The zero-order valence-electron chi connectivity index (χ0n) is 21.8. The Bertz CT molecular complexity index is 739. The second-order valence-corrected chi connectivity index (χ2v) is 17.3. The standard InChI is InChI=1S/C28H48O3Si/c1-8-32(9-2,10-3)31-27(7)16-14-23-21-11-12-22-20(5)25(30)17-19(4)28(22,18-29)24(21)13-15-26(23,27)6/h18-24H,8-17H2,1-7H3/t19-,20-,21-,22-,23-,24-,26-,27-,28-/m0/s1. The van der Waals surface area contributed by atoms with Gasteiger partial charge in [-0.05, 0) is 98.6 Å². The summed E-state index contributed by atoms with van der Waals surface area (Å²) < 4.78 is 7.32. The van der Waals surface area contributed by atoms with E-state index in [4.69, 9.17) is 4.43 Å². The molecule has 4 fully saturated rings. The highest BCUT2D eigenvalue weighted by atomic mass is 28.4. The van der Waals surface area contributed by atoms with Crippen molar-refractivity contribution in [3.63, 3.8) is 0 Å². The number of hydrogen-bond donors (Lipinski definition) is 0. The van der Waals surface area contributed by atoms with Crippen molar-refractivity contribution in [2.45, 2.75) is 117 Å². The van der Waals surface area contributed by atoms with Crippen LogP contribution in [0, 0.1) is 46.3 Å². The van der Waals surface area contributed by atoms with Crippen LogP contribution < -0.4 is 0 Å². The van der Waals surface area contributed by atoms with Crippen LogP contribution in [0.3, 0.4) is 0 Å². The Kier molecular flexibility index (Phi) is 6.41. The molecule has 0 aromatic carbocycles. The van der Waals surface area contributed by atoms with Crippen molar-refractivity contribution < 1.29 is 14.0 Å². The lowest BCUT2D eigenvalue weighted by Gasteiger charge is -2.63. The molecule has 32 heavy (non-hydrogen) atoms. The lowest BCUT2D eigenvalue weighted by atomic mass is 9.41. The van der Waals surface area contributed by atoms with Gasteiger partial charge in [0, 0.05) is 17.8 Å². The molecule has 4 rings (SSSR count). The molecule has 4 saturated carbocycles. The van der Waals surface area contributed by atoms with Crippen LogP contribution >= 0.6 is 0 Å². The first kappa shape index (κ1) is 24.6. The van der Waals surface area contributed by atoms with E-state index in [0.29, 0.717) is 30.0 Å². The number of ketones is 1. The van der Waals surface area contributed by atoms with Gasteiger partial charge >= 0.3 is 0 Å². The predicted molar refractivity (Wildman–Crippen MR) is 133 cm³/mol. The van der Waals surface area contributed by atoms with Crippen LogP contribution in [0.1, 0.15) is 93.4 Å². The Balaban J connectivity index is 1.67. The maximum atomic E-state index is 12.9. The Hall–Kier alpha value is -0.483. The summed E-state index contributed by atoms with van der Waals surface area (Å²) in [7, 11) is -1.69. The Labute approximate surface area is 198 Å². The van der Waals surface area contributed by atoms with E-state index in [1.165, 1.54) is 50.1 Å². The molecule has 0 spiro atoms. The molecule has 0 bridgehead atoms. The first-order chi connectivity index (χ1) is 15.1. The number of fused-ring (bicyclic) bond motifs is 5. The van der Waals surface area contributed by atoms with E-state index in [1.807, 2.05) is 0 Å². The maximum Gasteiger partial charge on any atom is 0.192 e. The van der Waals surface area contributed by atoms with E-state index in [-0.39, 0.29) is 34.2 Å². The summed E-state index contributed by atoms with van der Waals surface area (Å²) in [6.45, 7) is 16.3.